The number of hydrogen-bond acceptors (Lipinski definition) is 4. The Bertz CT molecular complexity index is 640. The summed E-state index contributed by atoms with van der Waals surface area (Å²) >= 11 is 0. The quantitative estimate of drug-likeness (QED) is 0.856. The number of aromatic nitrogens is 1. The van der Waals surface area contributed by atoms with Gasteiger partial charge in [-0.1, -0.05) is 0 Å². The Morgan fingerprint density at radius 3 is 2.40 bits per heavy atom. The summed E-state index contributed by atoms with van der Waals surface area (Å²) in [6, 6.07) is 12.0. The van der Waals surface area contributed by atoms with Crippen LogP contribution in [0.3, 0.4) is 0 Å². The van der Waals surface area contributed by atoms with E-state index in [0.717, 1.165) is 0 Å². The second-order valence-corrected chi connectivity index (χ2v) is 4.32. The van der Waals surface area contributed by atoms with Crippen LogP contribution in [0.2, 0.25) is 0 Å². The van der Waals surface area contributed by atoms with Crippen LogP contribution in [-0.2, 0) is 0 Å². The second kappa shape index (κ2) is 5.85. The van der Waals surface area contributed by atoms with Crippen molar-refractivity contribution in [3.63, 3.8) is 0 Å². The summed E-state index contributed by atoms with van der Waals surface area (Å²) in [5.41, 5.74) is 1.07. The zero-order valence-corrected chi connectivity index (χ0v) is 11.2. The molecule has 1 amide bonds. The molecule has 2 aromatic rings. The van der Waals surface area contributed by atoms with E-state index in [-0.39, 0.29) is 5.91 Å². The minimum Gasteiger partial charge on any atom is -0.439 e. The molecule has 1 aromatic carbocycles. The molecule has 0 N–H and O–H groups in total. The Morgan fingerprint density at radius 2 is 1.90 bits per heavy atom. The summed E-state index contributed by atoms with van der Waals surface area (Å²) < 4.78 is 5.53. The van der Waals surface area contributed by atoms with E-state index in [9.17, 15) is 4.79 Å². The monoisotopic (exact) mass is 267 g/mol. The number of ether oxygens (including phenoxy) is 1. The Morgan fingerprint density at radius 1 is 1.20 bits per heavy atom. The molecule has 0 saturated carbocycles. The van der Waals surface area contributed by atoms with Crippen molar-refractivity contribution in [3.8, 4) is 17.7 Å². The fourth-order valence-corrected chi connectivity index (χ4v) is 1.55. The standard InChI is InChI=1S/C15H13N3O2/c1-18(2)15(19)12-4-6-13(7-5-12)20-14-8-3-11(9-16)10-17-14/h3-8,10H,1-2H3. The molecule has 100 valence electrons. The van der Waals surface area contributed by atoms with Crippen LogP contribution < -0.4 is 4.74 Å². The Kier molecular flexibility index (Phi) is 3.96. The molecule has 0 bridgehead atoms. The fraction of sp³-hybridized carbons (Fsp3) is 0.133. The van der Waals surface area contributed by atoms with Crippen LogP contribution in [-0.4, -0.2) is 29.9 Å². The highest BCUT2D eigenvalue weighted by atomic mass is 16.5. The molecule has 0 atom stereocenters. The van der Waals surface area contributed by atoms with Gasteiger partial charge in [-0.3, -0.25) is 4.79 Å². The zero-order valence-electron chi connectivity index (χ0n) is 11.2. The number of benzene rings is 1. The number of pyridine rings is 1. The van der Waals surface area contributed by atoms with E-state index < -0.39 is 0 Å². The fourth-order valence-electron chi connectivity index (χ4n) is 1.55. The average molecular weight is 267 g/mol. The number of nitrogens with zero attached hydrogens (tertiary/aromatic N) is 3. The average Bonchev–Trinajstić information content (AvgIpc) is 2.48. The van der Waals surface area contributed by atoms with Crippen molar-refractivity contribution in [2.24, 2.45) is 0 Å². The topological polar surface area (TPSA) is 66.2 Å². The van der Waals surface area contributed by atoms with Gasteiger partial charge in [-0.2, -0.15) is 5.26 Å². The maximum atomic E-state index is 11.7. The molecule has 0 aliphatic carbocycles. The maximum absolute atomic E-state index is 11.7. The van der Waals surface area contributed by atoms with Crippen molar-refractivity contribution >= 4 is 5.91 Å². The first-order valence-electron chi connectivity index (χ1n) is 5.96. The summed E-state index contributed by atoms with van der Waals surface area (Å²) in [6.45, 7) is 0. The third-order valence-corrected chi connectivity index (χ3v) is 2.60. The highest BCUT2D eigenvalue weighted by molar-refractivity contribution is 5.93. The molecule has 1 aromatic heterocycles. The predicted molar refractivity (Wildman–Crippen MR) is 73.5 cm³/mol. The predicted octanol–water partition coefficient (Wildman–Crippen LogP) is 2.45. The first-order chi connectivity index (χ1) is 9.60. The highest BCUT2D eigenvalue weighted by Crippen LogP contribution is 2.20. The second-order valence-electron chi connectivity index (χ2n) is 4.32. The summed E-state index contributed by atoms with van der Waals surface area (Å²) in [4.78, 5) is 17.2. The van der Waals surface area contributed by atoms with Crippen LogP contribution in [0.1, 0.15) is 15.9 Å². The van der Waals surface area contributed by atoms with Gasteiger partial charge in [-0.15, -0.1) is 0 Å². The van der Waals surface area contributed by atoms with Crippen LogP contribution in [0.15, 0.2) is 42.6 Å². The minimum absolute atomic E-state index is 0.0620. The van der Waals surface area contributed by atoms with Crippen molar-refractivity contribution in [3.05, 3.63) is 53.7 Å². The Hall–Kier alpha value is -2.87. The van der Waals surface area contributed by atoms with Gasteiger partial charge in [0, 0.05) is 31.9 Å². The number of carbonyl (C=O) groups excluding carboxylic acids is 1. The summed E-state index contributed by atoms with van der Waals surface area (Å²) in [5, 5.41) is 8.68. The van der Waals surface area contributed by atoms with Gasteiger partial charge in [-0.05, 0) is 30.3 Å². The van der Waals surface area contributed by atoms with Gasteiger partial charge in [0.1, 0.15) is 11.8 Å². The van der Waals surface area contributed by atoms with Crippen molar-refractivity contribution < 1.29 is 9.53 Å². The van der Waals surface area contributed by atoms with Crippen LogP contribution in [0.25, 0.3) is 0 Å². The highest BCUT2D eigenvalue weighted by Gasteiger charge is 2.07. The minimum atomic E-state index is -0.0620. The largest absolute Gasteiger partial charge is 0.439 e. The Labute approximate surface area is 117 Å². The zero-order chi connectivity index (χ0) is 14.5. The van der Waals surface area contributed by atoms with E-state index in [1.165, 1.54) is 11.1 Å². The number of carbonyl (C=O) groups is 1. The van der Waals surface area contributed by atoms with Crippen molar-refractivity contribution in [1.82, 2.24) is 9.88 Å². The molecule has 0 saturated heterocycles. The van der Waals surface area contributed by atoms with E-state index in [1.54, 1.807) is 50.5 Å². The SMILES string of the molecule is CN(C)C(=O)c1ccc(Oc2ccc(C#N)cn2)cc1. The molecule has 0 spiro atoms. The van der Waals surface area contributed by atoms with Crippen molar-refractivity contribution in [1.29, 1.82) is 5.26 Å². The number of rotatable bonds is 3. The van der Waals surface area contributed by atoms with E-state index in [1.807, 2.05) is 6.07 Å². The lowest BCUT2D eigenvalue weighted by Gasteiger charge is -2.10. The van der Waals surface area contributed by atoms with E-state index in [2.05, 4.69) is 4.98 Å². The molecule has 0 fully saturated rings. The smallest absolute Gasteiger partial charge is 0.253 e. The molecule has 20 heavy (non-hydrogen) atoms. The van der Waals surface area contributed by atoms with Gasteiger partial charge in [0.05, 0.1) is 5.56 Å². The lowest BCUT2D eigenvalue weighted by molar-refractivity contribution is 0.0827. The first-order valence-corrected chi connectivity index (χ1v) is 5.96. The molecule has 0 aliphatic rings. The van der Waals surface area contributed by atoms with E-state index in [0.29, 0.717) is 22.8 Å². The van der Waals surface area contributed by atoms with Crippen LogP contribution in [0.4, 0.5) is 0 Å². The molecule has 0 unspecified atom stereocenters. The van der Waals surface area contributed by atoms with Gasteiger partial charge in [0.15, 0.2) is 0 Å². The summed E-state index contributed by atoms with van der Waals surface area (Å²) in [5.74, 6) is 0.918. The van der Waals surface area contributed by atoms with Crippen LogP contribution in [0.5, 0.6) is 11.6 Å². The van der Waals surface area contributed by atoms with Gasteiger partial charge < -0.3 is 9.64 Å². The lowest BCUT2D eigenvalue weighted by Crippen LogP contribution is -2.21. The third kappa shape index (κ3) is 3.12. The van der Waals surface area contributed by atoms with Gasteiger partial charge in [-0.25, -0.2) is 4.98 Å². The third-order valence-electron chi connectivity index (χ3n) is 2.60. The molecule has 2 rings (SSSR count). The molecule has 0 aliphatic heterocycles. The normalized spacial score (nSPS) is 9.65. The molecule has 5 heteroatoms. The molecular formula is C15H13N3O2. The first kappa shape index (κ1) is 13.6. The van der Waals surface area contributed by atoms with Crippen LogP contribution in [0, 0.1) is 11.3 Å². The van der Waals surface area contributed by atoms with Gasteiger partial charge in [0.2, 0.25) is 5.88 Å². The summed E-state index contributed by atoms with van der Waals surface area (Å²) in [6.07, 6.45) is 1.44. The number of nitriles is 1. The number of amides is 1. The van der Waals surface area contributed by atoms with Crippen molar-refractivity contribution in [2.75, 3.05) is 14.1 Å². The van der Waals surface area contributed by atoms with Gasteiger partial charge in [0.25, 0.3) is 5.91 Å². The van der Waals surface area contributed by atoms with Crippen LogP contribution >= 0.6 is 0 Å². The molecule has 1 heterocycles. The van der Waals surface area contributed by atoms with Gasteiger partial charge >= 0.3 is 0 Å². The lowest BCUT2D eigenvalue weighted by atomic mass is 10.2. The number of hydrogen-bond donors (Lipinski definition) is 0. The Balaban J connectivity index is 2.10. The maximum Gasteiger partial charge on any atom is 0.253 e. The van der Waals surface area contributed by atoms with E-state index >= 15 is 0 Å². The molecule has 0 radical (unpaired) electrons. The molecule has 5 nitrogen and oxygen atoms in total. The molecular weight excluding hydrogens is 254 g/mol. The van der Waals surface area contributed by atoms with E-state index in [4.69, 9.17) is 10.00 Å². The summed E-state index contributed by atoms with van der Waals surface area (Å²) in [7, 11) is 3.40. The van der Waals surface area contributed by atoms with Crippen molar-refractivity contribution in [2.45, 2.75) is 0 Å².